The van der Waals surface area contributed by atoms with Crippen LogP contribution in [0.5, 0.6) is 0 Å². The predicted molar refractivity (Wildman–Crippen MR) is 88.0 cm³/mol. The molecular weight excluding hydrogens is 310 g/mol. The lowest BCUT2D eigenvalue weighted by Gasteiger charge is -2.26. The van der Waals surface area contributed by atoms with Crippen LogP contribution in [0.25, 0.3) is 0 Å². The average Bonchev–Trinajstić information content (AvgIpc) is 2.33. The molecule has 0 fully saturated rings. The predicted octanol–water partition coefficient (Wildman–Crippen LogP) is 2.13. The summed E-state index contributed by atoms with van der Waals surface area (Å²) in [6.45, 7) is 5.51. The van der Waals surface area contributed by atoms with Gasteiger partial charge in [-0.25, -0.2) is 8.42 Å². The van der Waals surface area contributed by atoms with E-state index in [4.69, 9.17) is 17.3 Å². The molecule has 1 rings (SSSR count). The van der Waals surface area contributed by atoms with Crippen molar-refractivity contribution in [2.75, 3.05) is 39.5 Å². The summed E-state index contributed by atoms with van der Waals surface area (Å²) in [4.78, 5) is 2.07. The summed E-state index contributed by atoms with van der Waals surface area (Å²) < 4.78 is 27.1. The quantitative estimate of drug-likeness (QED) is 0.776. The number of nitrogen functional groups attached to an aromatic ring is 1. The van der Waals surface area contributed by atoms with E-state index in [2.05, 4.69) is 0 Å². The Morgan fingerprint density at radius 3 is 2.33 bits per heavy atom. The molecule has 21 heavy (non-hydrogen) atoms. The number of hydrogen-bond donors (Lipinski definition) is 1. The van der Waals surface area contributed by atoms with Crippen molar-refractivity contribution in [2.24, 2.45) is 5.92 Å². The molecule has 2 N–H and O–H groups in total. The van der Waals surface area contributed by atoms with Gasteiger partial charge in [0.15, 0.2) is 0 Å². The minimum absolute atomic E-state index is 0.117. The molecular formula is C14H24ClN3O2S. The van der Waals surface area contributed by atoms with Gasteiger partial charge in [-0.15, -0.1) is 0 Å². The van der Waals surface area contributed by atoms with E-state index in [1.54, 1.807) is 6.07 Å². The van der Waals surface area contributed by atoms with Crippen LogP contribution in [0.2, 0.25) is 5.02 Å². The van der Waals surface area contributed by atoms with Crippen molar-refractivity contribution in [1.82, 2.24) is 9.21 Å². The van der Waals surface area contributed by atoms with Crippen molar-refractivity contribution in [1.29, 1.82) is 0 Å². The smallest absolute Gasteiger partial charge is 0.245 e. The third kappa shape index (κ3) is 5.14. The number of likely N-dealkylation sites (N-methyl/N-ethyl adjacent to an activating group) is 1. The number of nitrogens with two attached hydrogens (primary N) is 1. The molecule has 0 radical (unpaired) electrons. The van der Waals surface area contributed by atoms with Gasteiger partial charge in [-0.05, 0) is 38.2 Å². The minimum Gasteiger partial charge on any atom is -0.398 e. The Labute approximate surface area is 132 Å². The van der Waals surface area contributed by atoms with Crippen LogP contribution >= 0.6 is 11.6 Å². The molecule has 0 aromatic heterocycles. The summed E-state index contributed by atoms with van der Waals surface area (Å²) in [5, 5.41) is 0.426. The van der Waals surface area contributed by atoms with Crippen molar-refractivity contribution in [3.05, 3.63) is 23.2 Å². The Balaban J connectivity index is 3.13. The van der Waals surface area contributed by atoms with Crippen molar-refractivity contribution in [2.45, 2.75) is 18.7 Å². The molecule has 0 aliphatic carbocycles. The molecule has 0 aliphatic heterocycles. The molecule has 0 saturated carbocycles. The van der Waals surface area contributed by atoms with Crippen molar-refractivity contribution < 1.29 is 8.42 Å². The van der Waals surface area contributed by atoms with Gasteiger partial charge in [0.25, 0.3) is 0 Å². The lowest BCUT2D eigenvalue weighted by atomic mass is 10.2. The Kier molecular flexibility index (Phi) is 6.46. The summed E-state index contributed by atoms with van der Waals surface area (Å²) in [5.74, 6) is 0.232. The summed E-state index contributed by atoms with van der Waals surface area (Å²) in [6.07, 6.45) is 0. The van der Waals surface area contributed by atoms with E-state index < -0.39 is 10.0 Å². The summed E-state index contributed by atoms with van der Waals surface area (Å²) in [7, 11) is 0.211. The van der Waals surface area contributed by atoms with Crippen LogP contribution in [-0.4, -0.2) is 51.4 Å². The number of hydrogen-bond acceptors (Lipinski definition) is 4. The molecule has 0 saturated heterocycles. The maximum absolute atomic E-state index is 12.8. The zero-order valence-corrected chi connectivity index (χ0v) is 14.6. The van der Waals surface area contributed by atoms with Gasteiger partial charge in [-0.2, -0.15) is 4.31 Å². The van der Waals surface area contributed by atoms with Crippen molar-refractivity contribution in [3.63, 3.8) is 0 Å². The first-order chi connectivity index (χ1) is 9.64. The highest BCUT2D eigenvalue weighted by atomic mass is 35.5. The highest BCUT2D eigenvalue weighted by Crippen LogP contribution is 2.26. The van der Waals surface area contributed by atoms with Gasteiger partial charge >= 0.3 is 0 Å². The van der Waals surface area contributed by atoms with Crippen LogP contribution in [-0.2, 0) is 10.0 Å². The standard InChI is InChI=1S/C14H24ClN3O2S/c1-11(2)10-18(8-7-17(3)4)21(19,20)14-6-5-12(15)9-13(14)16/h5-6,9,11H,7-8,10,16H2,1-4H3. The fourth-order valence-corrected chi connectivity index (χ4v) is 3.79. The number of rotatable bonds is 7. The number of anilines is 1. The highest BCUT2D eigenvalue weighted by molar-refractivity contribution is 7.89. The van der Waals surface area contributed by atoms with Gasteiger partial charge in [-0.1, -0.05) is 25.4 Å². The first-order valence-corrected chi connectivity index (χ1v) is 8.66. The zero-order valence-electron chi connectivity index (χ0n) is 13.0. The van der Waals surface area contributed by atoms with Crippen LogP contribution < -0.4 is 5.73 Å². The fraction of sp³-hybridized carbons (Fsp3) is 0.571. The second kappa shape index (κ2) is 7.45. The molecule has 0 spiro atoms. The topological polar surface area (TPSA) is 66.6 Å². The third-order valence-electron chi connectivity index (χ3n) is 2.96. The Morgan fingerprint density at radius 1 is 1.24 bits per heavy atom. The third-order valence-corrected chi connectivity index (χ3v) is 5.13. The number of halogens is 1. The zero-order chi connectivity index (χ0) is 16.2. The second-order valence-corrected chi connectivity index (χ2v) is 8.09. The molecule has 0 atom stereocenters. The summed E-state index contributed by atoms with van der Waals surface area (Å²) >= 11 is 5.84. The molecule has 7 heteroatoms. The molecule has 1 aromatic rings. The summed E-state index contributed by atoms with van der Waals surface area (Å²) in [5.41, 5.74) is 6.01. The van der Waals surface area contributed by atoms with Gasteiger partial charge < -0.3 is 10.6 Å². The number of nitrogens with zero attached hydrogens (tertiary/aromatic N) is 2. The van der Waals surface area contributed by atoms with Gasteiger partial charge in [0.1, 0.15) is 4.90 Å². The second-order valence-electron chi connectivity index (χ2n) is 5.74. The number of benzene rings is 1. The Bertz CT molecular complexity index is 574. The lowest BCUT2D eigenvalue weighted by Crippen LogP contribution is -2.39. The van der Waals surface area contributed by atoms with E-state index >= 15 is 0 Å². The van der Waals surface area contributed by atoms with E-state index in [0.717, 1.165) is 0 Å². The van der Waals surface area contributed by atoms with Gasteiger partial charge in [-0.3, -0.25) is 0 Å². The lowest BCUT2D eigenvalue weighted by molar-refractivity contribution is 0.313. The van der Waals surface area contributed by atoms with Gasteiger partial charge in [0.05, 0.1) is 5.69 Å². The van der Waals surface area contributed by atoms with Gasteiger partial charge in [0.2, 0.25) is 10.0 Å². The molecule has 0 bridgehead atoms. The van der Waals surface area contributed by atoms with E-state index in [1.165, 1.54) is 16.4 Å². The van der Waals surface area contributed by atoms with Crippen LogP contribution in [0.3, 0.4) is 0 Å². The fourth-order valence-electron chi connectivity index (χ4n) is 1.92. The van der Waals surface area contributed by atoms with E-state index in [-0.39, 0.29) is 16.5 Å². The monoisotopic (exact) mass is 333 g/mol. The minimum atomic E-state index is -3.62. The van der Waals surface area contributed by atoms with Crippen molar-refractivity contribution in [3.8, 4) is 0 Å². The SMILES string of the molecule is CC(C)CN(CCN(C)C)S(=O)(=O)c1ccc(Cl)cc1N. The molecule has 0 unspecified atom stereocenters. The molecule has 0 aliphatic rings. The maximum atomic E-state index is 12.8. The van der Waals surface area contributed by atoms with E-state index in [9.17, 15) is 8.42 Å². The van der Waals surface area contributed by atoms with Crippen LogP contribution in [0, 0.1) is 5.92 Å². The van der Waals surface area contributed by atoms with Gasteiger partial charge in [0, 0.05) is 24.7 Å². The Morgan fingerprint density at radius 2 is 1.86 bits per heavy atom. The van der Waals surface area contributed by atoms with Crippen molar-refractivity contribution >= 4 is 27.3 Å². The van der Waals surface area contributed by atoms with Crippen LogP contribution in [0.4, 0.5) is 5.69 Å². The van der Waals surface area contributed by atoms with E-state index in [0.29, 0.717) is 24.7 Å². The van der Waals surface area contributed by atoms with Crippen LogP contribution in [0.1, 0.15) is 13.8 Å². The van der Waals surface area contributed by atoms with E-state index in [1.807, 2.05) is 32.8 Å². The molecule has 0 heterocycles. The normalized spacial score (nSPS) is 12.6. The molecule has 120 valence electrons. The van der Waals surface area contributed by atoms with Crippen LogP contribution in [0.15, 0.2) is 23.1 Å². The number of sulfonamides is 1. The molecule has 5 nitrogen and oxygen atoms in total. The average molecular weight is 334 g/mol. The Hall–Kier alpha value is -0.820. The maximum Gasteiger partial charge on any atom is 0.245 e. The molecule has 0 amide bonds. The first kappa shape index (κ1) is 18.2. The highest BCUT2D eigenvalue weighted by Gasteiger charge is 2.27. The molecule has 1 aromatic carbocycles. The largest absolute Gasteiger partial charge is 0.398 e. The first-order valence-electron chi connectivity index (χ1n) is 6.84. The summed E-state index contributed by atoms with van der Waals surface area (Å²) in [6, 6.07) is 4.48.